The molecule has 0 aliphatic rings. The summed E-state index contributed by atoms with van der Waals surface area (Å²) >= 11 is 6.05. The van der Waals surface area contributed by atoms with E-state index in [9.17, 15) is 18.0 Å². The van der Waals surface area contributed by atoms with Gasteiger partial charge < -0.3 is 10.2 Å². The summed E-state index contributed by atoms with van der Waals surface area (Å²) < 4.78 is 26.0. The molecule has 2 aromatic carbocycles. The van der Waals surface area contributed by atoms with Crippen molar-refractivity contribution in [3.05, 3.63) is 65.2 Å². The fourth-order valence-corrected chi connectivity index (χ4v) is 5.05. The Labute approximate surface area is 214 Å². The van der Waals surface area contributed by atoms with Crippen LogP contribution in [0.4, 0.5) is 5.69 Å². The minimum Gasteiger partial charge on any atom is -0.352 e. The maximum atomic E-state index is 13.3. The average Bonchev–Trinajstić information content (AvgIpc) is 2.78. The number of carbonyl (C=O) groups is 2. The molecule has 0 spiro atoms. The van der Waals surface area contributed by atoms with E-state index >= 15 is 0 Å². The van der Waals surface area contributed by atoms with Crippen molar-refractivity contribution >= 4 is 39.1 Å². The molecular weight excluding hydrogens is 486 g/mol. The third-order valence-corrected chi connectivity index (χ3v) is 6.98. The van der Waals surface area contributed by atoms with Gasteiger partial charge in [-0.1, -0.05) is 54.9 Å². The first-order valence-corrected chi connectivity index (χ1v) is 14.1. The number of benzene rings is 2. The Balaban J connectivity index is 2.15. The lowest BCUT2D eigenvalue weighted by Gasteiger charge is -2.31. The molecule has 0 heterocycles. The highest BCUT2D eigenvalue weighted by Gasteiger charge is 2.28. The van der Waals surface area contributed by atoms with Crippen LogP contribution in [0.2, 0.25) is 5.02 Å². The van der Waals surface area contributed by atoms with Crippen LogP contribution >= 0.6 is 11.6 Å². The van der Waals surface area contributed by atoms with Gasteiger partial charge in [0.2, 0.25) is 21.8 Å². The molecule has 2 rings (SSSR count). The molecule has 192 valence electrons. The van der Waals surface area contributed by atoms with E-state index in [1.165, 1.54) is 4.31 Å². The molecule has 7 nitrogen and oxygen atoms in total. The van der Waals surface area contributed by atoms with Crippen molar-refractivity contribution in [2.45, 2.75) is 58.5 Å². The Morgan fingerprint density at radius 1 is 1.03 bits per heavy atom. The Hall–Kier alpha value is -2.58. The zero-order valence-electron chi connectivity index (χ0n) is 20.9. The van der Waals surface area contributed by atoms with Crippen LogP contribution < -0.4 is 9.62 Å². The van der Waals surface area contributed by atoms with Crippen LogP contribution in [0.15, 0.2) is 54.6 Å². The van der Waals surface area contributed by atoms with Crippen LogP contribution in [0.3, 0.4) is 0 Å². The Kier molecular flexibility index (Phi) is 11.0. The topological polar surface area (TPSA) is 86.8 Å². The molecule has 2 amide bonds. The van der Waals surface area contributed by atoms with Crippen LogP contribution in [-0.4, -0.2) is 56.6 Å². The predicted octanol–water partition coefficient (Wildman–Crippen LogP) is 4.26. The number of amides is 2. The highest BCUT2D eigenvalue weighted by atomic mass is 35.5. The van der Waals surface area contributed by atoms with Gasteiger partial charge in [0.1, 0.15) is 6.04 Å². The Morgan fingerprint density at radius 2 is 1.71 bits per heavy atom. The largest absolute Gasteiger partial charge is 0.352 e. The zero-order chi connectivity index (χ0) is 26.0. The summed E-state index contributed by atoms with van der Waals surface area (Å²) in [6.45, 7) is 6.19. The minimum absolute atomic E-state index is 0.0383. The SMILES string of the molecule is CC[C@H](C(=O)NC(C)C)N(CCc1ccccc1)C(=O)CCCN(c1cccc(Cl)c1)S(C)(=O)=O. The molecule has 0 aliphatic heterocycles. The molecule has 0 radical (unpaired) electrons. The van der Waals surface area contributed by atoms with E-state index in [1.54, 1.807) is 29.2 Å². The molecule has 0 saturated carbocycles. The number of nitrogens with zero attached hydrogens (tertiary/aromatic N) is 2. The van der Waals surface area contributed by atoms with Gasteiger partial charge >= 0.3 is 0 Å². The number of hydrogen-bond donors (Lipinski definition) is 1. The van der Waals surface area contributed by atoms with E-state index in [0.29, 0.717) is 36.5 Å². The molecule has 2 aromatic rings. The summed E-state index contributed by atoms with van der Waals surface area (Å²) in [5, 5.41) is 3.35. The fourth-order valence-electron chi connectivity index (χ4n) is 3.91. The zero-order valence-corrected chi connectivity index (χ0v) is 22.5. The van der Waals surface area contributed by atoms with Crippen molar-refractivity contribution in [1.29, 1.82) is 0 Å². The standard InChI is InChI=1S/C26H36ClN3O4S/c1-5-24(26(32)28-20(2)3)29(18-16-21-11-7-6-8-12-21)25(31)15-10-17-30(35(4,33)34)23-14-9-13-22(27)19-23/h6-9,11-14,19-20,24H,5,10,15-18H2,1-4H3,(H,28,32)/t24-/m1/s1. The maximum Gasteiger partial charge on any atom is 0.242 e. The molecule has 1 N–H and O–H groups in total. The number of nitrogens with one attached hydrogen (secondary N) is 1. The smallest absolute Gasteiger partial charge is 0.242 e. The number of halogens is 1. The molecule has 1 atom stereocenters. The fraction of sp³-hybridized carbons (Fsp3) is 0.462. The summed E-state index contributed by atoms with van der Waals surface area (Å²) in [7, 11) is -3.56. The number of anilines is 1. The highest BCUT2D eigenvalue weighted by molar-refractivity contribution is 7.92. The van der Waals surface area contributed by atoms with Gasteiger partial charge in [-0.15, -0.1) is 0 Å². The van der Waals surface area contributed by atoms with Gasteiger partial charge in [-0.3, -0.25) is 13.9 Å². The number of sulfonamides is 1. The molecule has 0 saturated heterocycles. The van der Waals surface area contributed by atoms with Crippen LogP contribution in [0, 0.1) is 0 Å². The van der Waals surface area contributed by atoms with Gasteiger partial charge in [0, 0.05) is 30.6 Å². The quantitative estimate of drug-likeness (QED) is 0.426. The normalized spacial score (nSPS) is 12.3. The number of carbonyl (C=O) groups excluding carboxylic acids is 2. The van der Waals surface area contributed by atoms with Crippen molar-refractivity contribution in [1.82, 2.24) is 10.2 Å². The second-order valence-corrected chi connectivity index (χ2v) is 11.2. The molecular formula is C26H36ClN3O4S. The molecule has 0 bridgehead atoms. The van der Waals surface area contributed by atoms with Crippen molar-refractivity contribution in [3.63, 3.8) is 0 Å². The van der Waals surface area contributed by atoms with E-state index in [1.807, 2.05) is 51.1 Å². The maximum absolute atomic E-state index is 13.3. The minimum atomic E-state index is -3.56. The lowest BCUT2D eigenvalue weighted by atomic mass is 10.1. The summed E-state index contributed by atoms with van der Waals surface area (Å²) in [4.78, 5) is 27.8. The van der Waals surface area contributed by atoms with E-state index in [0.717, 1.165) is 11.8 Å². The van der Waals surface area contributed by atoms with Crippen molar-refractivity contribution in [2.24, 2.45) is 0 Å². The van der Waals surface area contributed by atoms with Crippen molar-refractivity contribution < 1.29 is 18.0 Å². The molecule has 0 aliphatic carbocycles. The van der Waals surface area contributed by atoms with E-state index in [4.69, 9.17) is 11.6 Å². The summed E-state index contributed by atoms with van der Waals surface area (Å²) in [6, 6.07) is 15.8. The molecule has 0 fully saturated rings. The highest BCUT2D eigenvalue weighted by Crippen LogP contribution is 2.22. The lowest BCUT2D eigenvalue weighted by molar-refractivity contribution is -0.141. The van der Waals surface area contributed by atoms with Gasteiger partial charge in [0.25, 0.3) is 0 Å². The third-order valence-electron chi connectivity index (χ3n) is 5.55. The Bertz CT molecular complexity index is 1080. The van der Waals surface area contributed by atoms with E-state index < -0.39 is 16.1 Å². The summed E-state index contributed by atoms with van der Waals surface area (Å²) in [5.41, 5.74) is 1.53. The van der Waals surface area contributed by atoms with E-state index in [2.05, 4.69) is 5.32 Å². The van der Waals surface area contributed by atoms with Crippen molar-refractivity contribution in [2.75, 3.05) is 23.7 Å². The molecule has 9 heteroatoms. The molecule has 35 heavy (non-hydrogen) atoms. The molecule has 0 unspecified atom stereocenters. The van der Waals surface area contributed by atoms with Crippen LogP contribution in [0.5, 0.6) is 0 Å². The van der Waals surface area contributed by atoms with Crippen molar-refractivity contribution in [3.8, 4) is 0 Å². The Morgan fingerprint density at radius 3 is 2.29 bits per heavy atom. The van der Waals surface area contributed by atoms with Gasteiger partial charge in [0.05, 0.1) is 11.9 Å². The second kappa shape index (κ2) is 13.5. The summed E-state index contributed by atoms with van der Waals surface area (Å²) in [6.07, 6.45) is 2.66. The van der Waals surface area contributed by atoms with Crippen LogP contribution in [0.1, 0.15) is 45.6 Å². The van der Waals surface area contributed by atoms with Crippen LogP contribution in [-0.2, 0) is 26.0 Å². The molecule has 0 aromatic heterocycles. The average molecular weight is 522 g/mol. The first kappa shape index (κ1) is 28.7. The predicted molar refractivity (Wildman–Crippen MR) is 142 cm³/mol. The second-order valence-electron chi connectivity index (χ2n) is 8.83. The van der Waals surface area contributed by atoms with E-state index in [-0.39, 0.29) is 30.8 Å². The summed E-state index contributed by atoms with van der Waals surface area (Å²) in [5.74, 6) is -0.355. The first-order valence-electron chi connectivity index (χ1n) is 11.9. The van der Waals surface area contributed by atoms with Crippen LogP contribution in [0.25, 0.3) is 0 Å². The van der Waals surface area contributed by atoms with Gasteiger partial charge in [-0.2, -0.15) is 0 Å². The number of hydrogen-bond acceptors (Lipinski definition) is 4. The van der Waals surface area contributed by atoms with Gasteiger partial charge in [0.15, 0.2) is 0 Å². The number of rotatable bonds is 13. The first-order chi connectivity index (χ1) is 16.5. The van der Waals surface area contributed by atoms with Gasteiger partial charge in [-0.25, -0.2) is 8.42 Å². The lowest BCUT2D eigenvalue weighted by Crippen LogP contribution is -2.51. The van der Waals surface area contributed by atoms with Gasteiger partial charge in [-0.05, 0) is 56.9 Å². The monoisotopic (exact) mass is 521 g/mol. The third kappa shape index (κ3) is 9.18.